The molecule has 7 heteroatoms. The molecular formula is C13H16BrN5O. The van der Waals surface area contributed by atoms with E-state index < -0.39 is 0 Å². The average molecular weight is 338 g/mol. The van der Waals surface area contributed by atoms with Crippen molar-refractivity contribution in [3.05, 3.63) is 39.0 Å². The second kappa shape index (κ2) is 5.70. The first kappa shape index (κ1) is 13.2. The quantitative estimate of drug-likeness (QED) is 0.798. The van der Waals surface area contributed by atoms with Gasteiger partial charge in [0.05, 0.1) is 17.9 Å². The van der Waals surface area contributed by atoms with Crippen molar-refractivity contribution in [2.75, 3.05) is 23.3 Å². The molecule has 0 amide bonds. The second-order valence-corrected chi connectivity index (χ2v) is 5.75. The third-order valence-electron chi connectivity index (χ3n) is 3.40. The summed E-state index contributed by atoms with van der Waals surface area (Å²) in [7, 11) is 0. The highest BCUT2D eigenvalue weighted by Gasteiger charge is 2.16. The van der Waals surface area contributed by atoms with Gasteiger partial charge in [-0.3, -0.25) is 4.98 Å². The SMILES string of the molecule is O=c1[nH]nc(CNc2cc(Br)ccc2N2CCCC2)[nH]1. The number of halogens is 1. The molecule has 0 bridgehead atoms. The first-order valence-electron chi connectivity index (χ1n) is 6.64. The maximum atomic E-state index is 11.0. The lowest BCUT2D eigenvalue weighted by molar-refractivity contribution is 0.940. The van der Waals surface area contributed by atoms with E-state index >= 15 is 0 Å². The Hall–Kier alpha value is -1.76. The molecule has 1 saturated heterocycles. The van der Waals surface area contributed by atoms with E-state index in [0.717, 1.165) is 23.2 Å². The summed E-state index contributed by atoms with van der Waals surface area (Å²) in [4.78, 5) is 16.0. The van der Waals surface area contributed by atoms with Gasteiger partial charge in [0.2, 0.25) is 0 Å². The highest BCUT2D eigenvalue weighted by atomic mass is 79.9. The van der Waals surface area contributed by atoms with Crippen LogP contribution in [0.5, 0.6) is 0 Å². The molecule has 1 fully saturated rings. The van der Waals surface area contributed by atoms with Gasteiger partial charge in [-0.15, -0.1) is 0 Å². The molecule has 1 aliphatic rings. The zero-order chi connectivity index (χ0) is 13.9. The van der Waals surface area contributed by atoms with Gasteiger partial charge in [0.15, 0.2) is 0 Å². The van der Waals surface area contributed by atoms with Crippen molar-refractivity contribution in [2.24, 2.45) is 0 Å². The van der Waals surface area contributed by atoms with Crippen LogP contribution in [0.2, 0.25) is 0 Å². The lowest BCUT2D eigenvalue weighted by atomic mass is 10.2. The van der Waals surface area contributed by atoms with Gasteiger partial charge >= 0.3 is 5.69 Å². The third kappa shape index (κ3) is 2.87. The normalized spacial score (nSPS) is 14.8. The molecule has 3 rings (SSSR count). The van der Waals surface area contributed by atoms with Gasteiger partial charge in [-0.2, -0.15) is 5.10 Å². The number of nitrogens with zero attached hydrogens (tertiary/aromatic N) is 2. The summed E-state index contributed by atoms with van der Waals surface area (Å²) in [6.45, 7) is 2.67. The van der Waals surface area contributed by atoms with E-state index in [0.29, 0.717) is 12.4 Å². The van der Waals surface area contributed by atoms with Crippen LogP contribution in [-0.4, -0.2) is 28.3 Å². The maximum absolute atomic E-state index is 11.0. The van der Waals surface area contributed by atoms with Crippen molar-refractivity contribution < 1.29 is 0 Å². The van der Waals surface area contributed by atoms with Crippen molar-refractivity contribution in [3.8, 4) is 0 Å². The molecule has 0 spiro atoms. The summed E-state index contributed by atoms with van der Waals surface area (Å²) < 4.78 is 1.03. The molecule has 106 valence electrons. The Morgan fingerprint density at radius 2 is 2.15 bits per heavy atom. The summed E-state index contributed by atoms with van der Waals surface area (Å²) in [6.07, 6.45) is 2.48. The van der Waals surface area contributed by atoms with Crippen molar-refractivity contribution >= 4 is 27.3 Å². The molecule has 0 aliphatic carbocycles. The van der Waals surface area contributed by atoms with Crippen LogP contribution in [0.4, 0.5) is 11.4 Å². The van der Waals surface area contributed by atoms with Gasteiger partial charge in [-0.1, -0.05) is 15.9 Å². The molecule has 1 aromatic heterocycles. The molecule has 3 N–H and O–H groups in total. The molecule has 0 unspecified atom stereocenters. The fourth-order valence-electron chi connectivity index (χ4n) is 2.45. The van der Waals surface area contributed by atoms with Crippen LogP contribution >= 0.6 is 15.9 Å². The highest BCUT2D eigenvalue weighted by molar-refractivity contribution is 9.10. The molecule has 0 radical (unpaired) electrons. The third-order valence-corrected chi connectivity index (χ3v) is 3.90. The van der Waals surface area contributed by atoms with Crippen LogP contribution in [0, 0.1) is 0 Å². The Morgan fingerprint density at radius 3 is 2.85 bits per heavy atom. The minimum atomic E-state index is -0.282. The predicted octanol–water partition coefficient (Wildman–Crippen LogP) is 2.07. The van der Waals surface area contributed by atoms with Gasteiger partial charge in [0.25, 0.3) is 0 Å². The number of rotatable bonds is 4. The Labute approximate surface area is 124 Å². The summed E-state index contributed by atoms with van der Waals surface area (Å²) >= 11 is 3.50. The summed E-state index contributed by atoms with van der Waals surface area (Å²) in [6, 6.07) is 6.22. The minimum Gasteiger partial charge on any atom is -0.376 e. The van der Waals surface area contributed by atoms with E-state index in [1.54, 1.807) is 0 Å². The fourth-order valence-corrected chi connectivity index (χ4v) is 2.81. The summed E-state index contributed by atoms with van der Waals surface area (Å²) in [5.74, 6) is 0.599. The van der Waals surface area contributed by atoms with Gasteiger partial charge < -0.3 is 10.2 Å². The minimum absolute atomic E-state index is 0.282. The highest BCUT2D eigenvalue weighted by Crippen LogP contribution is 2.31. The lowest BCUT2D eigenvalue weighted by Crippen LogP contribution is -2.19. The van der Waals surface area contributed by atoms with Gasteiger partial charge in [0.1, 0.15) is 5.82 Å². The first-order chi connectivity index (χ1) is 9.72. The van der Waals surface area contributed by atoms with Gasteiger partial charge in [-0.05, 0) is 31.0 Å². The molecule has 2 heterocycles. The number of hydrogen-bond donors (Lipinski definition) is 3. The van der Waals surface area contributed by atoms with E-state index in [4.69, 9.17) is 0 Å². The Kier molecular flexibility index (Phi) is 3.77. The molecule has 6 nitrogen and oxygen atoms in total. The van der Waals surface area contributed by atoms with E-state index in [2.05, 4.69) is 59.5 Å². The smallest absolute Gasteiger partial charge is 0.340 e. The first-order valence-corrected chi connectivity index (χ1v) is 7.43. The van der Waals surface area contributed by atoms with Crippen LogP contribution < -0.4 is 15.9 Å². The molecule has 0 atom stereocenters. The standard InChI is InChI=1S/C13H16BrN5O/c14-9-3-4-11(19-5-1-2-6-19)10(7-9)15-8-12-16-13(20)18-17-12/h3-4,7,15H,1-2,5-6,8H2,(H2,16,17,18,20). The zero-order valence-electron chi connectivity index (χ0n) is 10.9. The fraction of sp³-hybridized carbons (Fsp3) is 0.385. The molecule has 2 aromatic rings. The average Bonchev–Trinajstić information content (AvgIpc) is 3.08. The number of nitrogens with one attached hydrogen (secondary N) is 3. The maximum Gasteiger partial charge on any atom is 0.340 e. The molecule has 1 aliphatic heterocycles. The monoisotopic (exact) mass is 337 g/mol. The van der Waals surface area contributed by atoms with Crippen molar-refractivity contribution in [1.29, 1.82) is 0 Å². The largest absolute Gasteiger partial charge is 0.376 e. The van der Waals surface area contributed by atoms with Crippen molar-refractivity contribution in [3.63, 3.8) is 0 Å². The van der Waals surface area contributed by atoms with Crippen molar-refractivity contribution in [2.45, 2.75) is 19.4 Å². The summed E-state index contributed by atoms with van der Waals surface area (Å²) in [5.41, 5.74) is 1.96. The molecular weight excluding hydrogens is 322 g/mol. The van der Waals surface area contributed by atoms with Crippen LogP contribution in [-0.2, 0) is 6.54 Å². The molecule has 1 aromatic carbocycles. The van der Waals surface area contributed by atoms with E-state index in [1.165, 1.54) is 18.5 Å². The van der Waals surface area contributed by atoms with Crippen LogP contribution in [0.1, 0.15) is 18.7 Å². The number of hydrogen-bond acceptors (Lipinski definition) is 4. The van der Waals surface area contributed by atoms with Crippen LogP contribution in [0.3, 0.4) is 0 Å². The summed E-state index contributed by atoms with van der Waals surface area (Å²) in [5, 5.41) is 9.60. The van der Waals surface area contributed by atoms with E-state index in [9.17, 15) is 4.79 Å². The number of aromatic nitrogens is 3. The van der Waals surface area contributed by atoms with Crippen molar-refractivity contribution in [1.82, 2.24) is 15.2 Å². The van der Waals surface area contributed by atoms with E-state index in [-0.39, 0.29) is 5.69 Å². The van der Waals surface area contributed by atoms with Crippen LogP contribution in [0.15, 0.2) is 27.5 Å². The predicted molar refractivity (Wildman–Crippen MR) is 82.1 cm³/mol. The Balaban J connectivity index is 1.79. The molecule has 20 heavy (non-hydrogen) atoms. The topological polar surface area (TPSA) is 76.8 Å². The van der Waals surface area contributed by atoms with E-state index in [1.807, 2.05) is 0 Å². The zero-order valence-corrected chi connectivity index (χ0v) is 12.5. The lowest BCUT2D eigenvalue weighted by Gasteiger charge is -2.22. The Morgan fingerprint density at radius 1 is 1.35 bits per heavy atom. The number of aromatic amines is 2. The van der Waals surface area contributed by atoms with Gasteiger partial charge in [0, 0.05) is 17.6 Å². The second-order valence-electron chi connectivity index (χ2n) is 4.83. The number of benzene rings is 1. The van der Waals surface area contributed by atoms with Gasteiger partial charge in [-0.25, -0.2) is 9.89 Å². The number of anilines is 2. The Bertz CT molecular complexity index is 644. The molecule has 0 saturated carbocycles. The van der Waals surface area contributed by atoms with Crippen LogP contribution in [0.25, 0.3) is 0 Å². The number of H-pyrrole nitrogens is 2.